The summed E-state index contributed by atoms with van der Waals surface area (Å²) in [6.07, 6.45) is 2.70. The van der Waals surface area contributed by atoms with Crippen molar-refractivity contribution < 1.29 is 9.84 Å². The molecule has 1 fully saturated rings. The lowest BCUT2D eigenvalue weighted by molar-refractivity contribution is -0.0518. The smallest absolute Gasteiger partial charge is 0.0887 e. The predicted octanol–water partition coefficient (Wildman–Crippen LogP) is 1.74. The molecule has 70 valence electrons. The van der Waals surface area contributed by atoms with Crippen molar-refractivity contribution in [3.63, 3.8) is 0 Å². The van der Waals surface area contributed by atoms with Gasteiger partial charge in [-0.3, -0.25) is 0 Å². The second-order valence-electron chi connectivity index (χ2n) is 4.23. The maximum absolute atomic E-state index is 9.86. The molecule has 1 heterocycles. The van der Waals surface area contributed by atoms with Crippen LogP contribution >= 0.6 is 0 Å². The largest absolute Gasteiger partial charge is 0.390 e. The number of aliphatic hydroxyl groups is 1. The molecule has 0 aromatic rings. The molecule has 0 saturated carbocycles. The summed E-state index contributed by atoms with van der Waals surface area (Å²) in [6.45, 7) is 10.1. The molecule has 1 aliphatic heterocycles. The van der Waals surface area contributed by atoms with Gasteiger partial charge in [-0.05, 0) is 27.2 Å². The monoisotopic (exact) mass is 170 g/mol. The van der Waals surface area contributed by atoms with Crippen molar-refractivity contribution in [2.24, 2.45) is 5.92 Å². The molecule has 0 amide bonds. The van der Waals surface area contributed by atoms with Gasteiger partial charge in [-0.1, -0.05) is 6.08 Å². The molecule has 0 spiro atoms. The van der Waals surface area contributed by atoms with Crippen molar-refractivity contribution in [1.29, 1.82) is 0 Å². The van der Waals surface area contributed by atoms with Crippen LogP contribution in [-0.4, -0.2) is 22.9 Å². The molecule has 1 N–H and O–H groups in total. The summed E-state index contributed by atoms with van der Waals surface area (Å²) >= 11 is 0. The van der Waals surface area contributed by atoms with E-state index in [9.17, 15) is 5.11 Å². The Labute approximate surface area is 74.2 Å². The minimum Gasteiger partial charge on any atom is -0.390 e. The maximum Gasteiger partial charge on any atom is 0.0887 e. The van der Waals surface area contributed by atoms with Crippen molar-refractivity contribution in [3.05, 3.63) is 12.7 Å². The second-order valence-corrected chi connectivity index (χ2v) is 4.23. The normalized spacial score (nSPS) is 36.8. The molecule has 1 saturated heterocycles. The third-order valence-electron chi connectivity index (χ3n) is 2.77. The fraction of sp³-hybridized carbons (Fsp3) is 0.800. The Kier molecular flexibility index (Phi) is 2.32. The van der Waals surface area contributed by atoms with Gasteiger partial charge in [0.2, 0.25) is 0 Å². The Balaban J connectivity index is 2.84. The van der Waals surface area contributed by atoms with Crippen molar-refractivity contribution >= 4 is 0 Å². The van der Waals surface area contributed by atoms with Gasteiger partial charge >= 0.3 is 0 Å². The van der Waals surface area contributed by atoms with Gasteiger partial charge in [0.15, 0.2) is 0 Å². The molecule has 0 bridgehead atoms. The number of hydrogen-bond acceptors (Lipinski definition) is 2. The van der Waals surface area contributed by atoms with Gasteiger partial charge in [0, 0.05) is 12.5 Å². The second kappa shape index (κ2) is 2.86. The van der Waals surface area contributed by atoms with Gasteiger partial charge in [0.1, 0.15) is 0 Å². The van der Waals surface area contributed by atoms with Crippen LogP contribution in [0.3, 0.4) is 0 Å². The predicted molar refractivity (Wildman–Crippen MR) is 49.0 cm³/mol. The average molecular weight is 170 g/mol. The molecular formula is C10H18O2. The third kappa shape index (κ3) is 1.54. The van der Waals surface area contributed by atoms with Crippen LogP contribution in [0.25, 0.3) is 0 Å². The third-order valence-corrected chi connectivity index (χ3v) is 2.77. The molecule has 1 unspecified atom stereocenters. The molecule has 0 radical (unpaired) electrons. The van der Waals surface area contributed by atoms with E-state index in [1.54, 1.807) is 6.08 Å². The van der Waals surface area contributed by atoms with Crippen LogP contribution in [0, 0.1) is 5.92 Å². The molecule has 0 aliphatic carbocycles. The van der Waals surface area contributed by atoms with Crippen LogP contribution in [0.5, 0.6) is 0 Å². The van der Waals surface area contributed by atoms with E-state index in [4.69, 9.17) is 4.74 Å². The van der Waals surface area contributed by atoms with Crippen molar-refractivity contribution in [2.45, 2.75) is 38.4 Å². The molecule has 2 atom stereocenters. The SMILES string of the molecule is C=C[C@@]1(C)OCCC1C(C)(C)O. The van der Waals surface area contributed by atoms with Gasteiger partial charge in [-0.2, -0.15) is 0 Å². The highest BCUT2D eigenvalue weighted by atomic mass is 16.5. The first-order chi connectivity index (χ1) is 5.40. The van der Waals surface area contributed by atoms with E-state index in [0.29, 0.717) is 0 Å². The Hall–Kier alpha value is -0.340. The quantitative estimate of drug-likeness (QED) is 0.640. The zero-order valence-electron chi connectivity index (χ0n) is 8.13. The molecule has 0 aromatic carbocycles. The average Bonchev–Trinajstić information content (AvgIpc) is 2.31. The molecule has 2 nitrogen and oxygen atoms in total. The first-order valence-electron chi connectivity index (χ1n) is 4.40. The highest BCUT2D eigenvalue weighted by molar-refractivity contribution is 5.06. The number of ether oxygens (including phenoxy) is 1. The lowest BCUT2D eigenvalue weighted by Gasteiger charge is -2.35. The fourth-order valence-electron chi connectivity index (χ4n) is 2.04. The zero-order chi connectivity index (χ0) is 9.41. The minimum atomic E-state index is -0.681. The Bertz CT molecular complexity index is 181. The number of hydrogen-bond donors (Lipinski definition) is 1. The van der Waals surface area contributed by atoms with Crippen molar-refractivity contribution in [2.75, 3.05) is 6.61 Å². The summed E-state index contributed by atoms with van der Waals surface area (Å²) in [5, 5.41) is 9.86. The number of rotatable bonds is 2. The van der Waals surface area contributed by atoms with E-state index in [1.165, 1.54) is 0 Å². The van der Waals surface area contributed by atoms with E-state index in [2.05, 4.69) is 6.58 Å². The summed E-state index contributed by atoms with van der Waals surface area (Å²) in [4.78, 5) is 0. The minimum absolute atomic E-state index is 0.155. The topological polar surface area (TPSA) is 29.5 Å². The lowest BCUT2D eigenvalue weighted by Crippen LogP contribution is -2.42. The first-order valence-corrected chi connectivity index (χ1v) is 4.40. The summed E-state index contributed by atoms with van der Waals surface area (Å²) in [5.41, 5.74) is -1.03. The summed E-state index contributed by atoms with van der Waals surface area (Å²) in [5.74, 6) is 0.155. The van der Waals surface area contributed by atoms with E-state index >= 15 is 0 Å². The van der Waals surface area contributed by atoms with Gasteiger partial charge in [-0.25, -0.2) is 0 Å². The Morgan fingerprint density at radius 2 is 2.25 bits per heavy atom. The van der Waals surface area contributed by atoms with Gasteiger partial charge in [0.25, 0.3) is 0 Å². The van der Waals surface area contributed by atoms with Crippen molar-refractivity contribution in [1.82, 2.24) is 0 Å². The fourth-order valence-corrected chi connectivity index (χ4v) is 2.04. The van der Waals surface area contributed by atoms with Crippen LogP contribution in [0.1, 0.15) is 27.2 Å². The molecule has 1 aliphatic rings. The molecule has 2 heteroatoms. The van der Waals surface area contributed by atoms with Crippen LogP contribution in [0.2, 0.25) is 0 Å². The van der Waals surface area contributed by atoms with Gasteiger partial charge in [-0.15, -0.1) is 6.58 Å². The maximum atomic E-state index is 9.86. The van der Waals surface area contributed by atoms with Crippen LogP contribution in [-0.2, 0) is 4.74 Å². The Morgan fingerprint density at radius 3 is 2.58 bits per heavy atom. The van der Waals surface area contributed by atoms with E-state index in [-0.39, 0.29) is 11.5 Å². The van der Waals surface area contributed by atoms with E-state index in [0.717, 1.165) is 13.0 Å². The highest BCUT2D eigenvalue weighted by Crippen LogP contribution is 2.39. The summed E-state index contributed by atoms with van der Waals surface area (Å²) < 4.78 is 5.55. The zero-order valence-corrected chi connectivity index (χ0v) is 8.13. The van der Waals surface area contributed by atoms with Crippen molar-refractivity contribution in [3.8, 4) is 0 Å². The summed E-state index contributed by atoms with van der Waals surface area (Å²) in [7, 11) is 0. The van der Waals surface area contributed by atoms with E-state index < -0.39 is 5.60 Å². The standard InChI is InChI=1S/C10H18O2/c1-5-10(4)8(6-7-12-10)9(2,3)11/h5,8,11H,1,6-7H2,2-4H3/t8?,10-/m1/s1. The molecule has 12 heavy (non-hydrogen) atoms. The molecule has 1 rings (SSSR count). The van der Waals surface area contributed by atoms with E-state index in [1.807, 2.05) is 20.8 Å². The lowest BCUT2D eigenvalue weighted by atomic mass is 9.78. The first kappa shape index (κ1) is 9.75. The molecular weight excluding hydrogens is 152 g/mol. The molecule has 0 aromatic heterocycles. The van der Waals surface area contributed by atoms with Gasteiger partial charge in [0.05, 0.1) is 11.2 Å². The highest BCUT2D eigenvalue weighted by Gasteiger charge is 2.45. The Morgan fingerprint density at radius 1 is 1.67 bits per heavy atom. The van der Waals surface area contributed by atoms with Crippen LogP contribution in [0.4, 0.5) is 0 Å². The van der Waals surface area contributed by atoms with Crippen LogP contribution < -0.4 is 0 Å². The van der Waals surface area contributed by atoms with Gasteiger partial charge < -0.3 is 9.84 Å². The summed E-state index contributed by atoms with van der Waals surface area (Å²) in [6, 6.07) is 0. The van der Waals surface area contributed by atoms with Crippen LogP contribution in [0.15, 0.2) is 12.7 Å².